The Bertz CT molecular complexity index is 1130. The van der Waals surface area contributed by atoms with Crippen LogP contribution < -0.4 is 0 Å². The third-order valence-electron chi connectivity index (χ3n) is 5.03. The summed E-state index contributed by atoms with van der Waals surface area (Å²) in [5.74, 6) is 0. The molecule has 0 atom stereocenters. The standard InChI is InChI=1S/C18H13.2C6H5.C3H6.Zr/c1-2-6-13(5-1)14-9-10-18-16(11-14)12-15-7-3-4-8-17(15)18;2*1-2-4-6-5-3-1;1-3-2;/h1-5,7-10H,6,12H2;2*1-5H;1-2H3;/q3*-1;;. The van der Waals surface area contributed by atoms with E-state index in [-0.39, 0.29) is 0 Å². The van der Waals surface area contributed by atoms with Gasteiger partial charge in [-0.15, -0.1) is 41.0 Å². The molecule has 0 radical (unpaired) electrons. The monoisotopic (exact) mass is 515 g/mol. The van der Waals surface area contributed by atoms with Crippen molar-refractivity contribution in [1.29, 1.82) is 0 Å². The Balaban J connectivity index is 0.000000166. The summed E-state index contributed by atoms with van der Waals surface area (Å²) in [5, 5.41) is 0. The van der Waals surface area contributed by atoms with E-state index in [1.54, 1.807) is 24.2 Å². The first kappa shape index (κ1) is 25.7. The smallest absolute Gasteiger partial charge is 0.0195 e. The second-order valence-corrected chi connectivity index (χ2v) is 10.5. The van der Waals surface area contributed by atoms with Gasteiger partial charge < -0.3 is 0 Å². The third kappa shape index (κ3) is 8.47. The average molecular weight is 517 g/mol. The van der Waals surface area contributed by atoms with E-state index in [0.717, 1.165) is 12.8 Å². The summed E-state index contributed by atoms with van der Waals surface area (Å²) in [6.45, 7) is 4.25. The van der Waals surface area contributed by atoms with Crippen molar-refractivity contribution in [3.63, 3.8) is 0 Å². The molecule has 6 rings (SSSR count). The van der Waals surface area contributed by atoms with Crippen LogP contribution in [0.2, 0.25) is 0 Å². The minimum Gasteiger partial charge on any atom is -0.184 e. The van der Waals surface area contributed by atoms with Gasteiger partial charge in [0.25, 0.3) is 0 Å². The number of hydrogen-bond donors (Lipinski definition) is 0. The molecule has 0 saturated heterocycles. The molecule has 1 heteroatoms. The largest absolute Gasteiger partial charge is 0.184 e. The van der Waals surface area contributed by atoms with Crippen molar-refractivity contribution >= 4 is 8.78 Å². The van der Waals surface area contributed by atoms with E-state index in [9.17, 15) is 0 Å². The van der Waals surface area contributed by atoms with Crippen LogP contribution in [-0.4, -0.2) is 3.21 Å². The quantitative estimate of drug-likeness (QED) is 0.197. The number of rotatable bonds is 1. The molecular formula is C33H29Zr-3. The van der Waals surface area contributed by atoms with Gasteiger partial charge in [0.15, 0.2) is 0 Å². The van der Waals surface area contributed by atoms with Gasteiger partial charge in [-0.3, -0.25) is 0 Å². The van der Waals surface area contributed by atoms with E-state index in [0.29, 0.717) is 0 Å². The summed E-state index contributed by atoms with van der Waals surface area (Å²) in [7, 11) is 0. The Hall–Kier alpha value is -2.89. The zero-order chi connectivity index (χ0) is 24.0. The molecule has 0 spiro atoms. The molecule has 0 amide bonds. The minimum absolute atomic E-state index is 1.03. The zero-order valence-corrected chi connectivity index (χ0v) is 22.3. The molecule has 0 heterocycles. The van der Waals surface area contributed by atoms with E-state index >= 15 is 0 Å². The van der Waals surface area contributed by atoms with E-state index in [4.69, 9.17) is 0 Å². The molecular weight excluding hydrogens is 488 g/mol. The zero-order valence-electron chi connectivity index (χ0n) is 19.9. The van der Waals surface area contributed by atoms with Crippen LogP contribution in [0.1, 0.15) is 37.0 Å². The molecule has 0 bridgehead atoms. The molecule has 0 unspecified atom stereocenters. The van der Waals surface area contributed by atoms with Crippen molar-refractivity contribution in [3.8, 4) is 11.1 Å². The maximum Gasteiger partial charge on any atom is -0.0195 e. The van der Waals surface area contributed by atoms with Crippen molar-refractivity contribution < 1.29 is 24.2 Å². The topological polar surface area (TPSA) is 0 Å². The van der Waals surface area contributed by atoms with E-state index in [2.05, 4.69) is 86.7 Å². The summed E-state index contributed by atoms with van der Waals surface area (Å²) in [6, 6.07) is 41.7. The first-order valence-electron chi connectivity index (χ1n) is 11.5. The van der Waals surface area contributed by atoms with Crippen LogP contribution in [-0.2, 0) is 30.7 Å². The molecule has 2 aliphatic carbocycles. The Morgan fingerprint density at radius 1 is 0.735 bits per heavy atom. The summed E-state index contributed by atoms with van der Waals surface area (Å²) in [6.07, 6.45) is 8.60. The second kappa shape index (κ2) is 14.4. The van der Waals surface area contributed by atoms with Crippen LogP contribution in [0.5, 0.6) is 0 Å². The van der Waals surface area contributed by atoms with Gasteiger partial charge >= 0.3 is 41.3 Å². The average Bonchev–Trinajstić information content (AvgIpc) is 3.54. The van der Waals surface area contributed by atoms with Crippen LogP contribution in [0.15, 0.2) is 115 Å². The summed E-state index contributed by atoms with van der Waals surface area (Å²) < 4.78 is 1.51. The molecule has 0 aliphatic heterocycles. The first-order valence-corrected chi connectivity index (χ1v) is 12.7. The second-order valence-electron chi connectivity index (χ2n) is 8.08. The normalized spacial score (nSPS) is 11.7. The Morgan fingerprint density at radius 3 is 1.85 bits per heavy atom. The van der Waals surface area contributed by atoms with Crippen molar-refractivity contribution in [1.82, 2.24) is 0 Å². The summed E-state index contributed by atoms with van der Waals surface area (Å²) in [5.41, 5.74) is 8.16. The number of hydrogen-bond acceptors (Lipinski definition) is 0. The predicted molar refractivity (Wildman–Crippen MR) is 142 cm³/mol. The molecule has 0 saturated carbocycles. The van der Waals surface area contributed by atoms with Gasteiger partial charge in [-0.2, -0.15) is 72.8 Å². The van der Waals surface area contributed by atoms with Gasteiger partial charge in [0.1, 0.15) is 0 Å². The molecule has 34 heavy (non-hydrogen) atoms. The van der Waals surface area contributed by atoms with Gasteiger partial charge in [-0.1, -0.05) is 47.5 Å². The molecule has 168 valence electrons. The van der Waals surface area contributed by atoms with Crippen LogP contribution in [0, 0.1) is 18.2 Å². The van der Waals surface area contributed by atoms with Crippen LogP contribution in [0.25, 0.3) is 16.7 Å². The molecule has 4 aromatic rings. The summed E-state index contributed by atoms with van der Waals surface area (Å²) >= 11 is 1.55. The van der Waals surface area contributed by atoms with Crippen molar-refractivity contribution in [2.24, 2.45) is 0 Å². The van der Waals surface area contributed by atoms with Crippen LogP contribution >= 0.6 is 0 Å². The first-order chi connectivity index (χ1) is 16.6. The predicted octanol–water partition coefficient (Wildman–Crippen LogP) is 8.12. The molecule has 2 aliphatic rings. The van der Waals surface area contributed by atoms with Gasteiger partial charge in [-0.25, -0.2) is 0 Å². The summed E-state index contributed by atoms with van der Waals surface area (Å²) in [4.78, 5) is 0. The van der Waals surface area contributed by atoms with Crippen molar-refractivity contribution in [2.75, 3.05) is 0 Å². The third-order valence-corrected chi connectivity index (χ3v) is 5.03. The SMILES string of the molecule is C[C](C)=[Zr].[c-]1c(C2=CC=CC2)ccc2c1Cc1ccccc1-2.[c-]1ccccc1.[c-]1ccccc1. The maximum atomic E-state index is 3.61. The fourth-order valence-electron chi connectivity index (χ4n) is 3.58. The van der Waals surface area contributed by atoms with Crippen molar-refractivity contribution in [2.45, 2.75) is 26.7 Å². The molecule has 0 nitrogen and oxygen atoms in total. The minimum atomic E-state index is 1.03. The van der Waals surface area contributed by atoms with Gasteiger partial charge in [0.2, 0.25) is 0 Å². The van der Waals surface area contributed by atoms with E-state index < -0.39 is 0 Å². The van der Waals surface area contributed by atoms with E-state index in [1.807, 2.05) is 60.7 Å². The Morgan fingerprint density at radius 2 is 1.35 bits per heavy atom. The fraction of sp³-hybridized carbons (Fsp3) is 0.121. The van der Waals surface area contributed by atoms with Gasteiger partial charge in [-0.05, 0) is 18.4 Å². The van der Waals surface area contributed by atoms with E-state index in [1.165, 1.54) is 36.6 Å². The maximum absolute atomic E-state index is 3.61. The number of allylic oxidation sites excluding steroid dienone is 4. The number of fused-ring (bicyclic) bond motifs is 3. The van der Waals surface area contributed by atoms with Crippen LogP contribution in [0.4, 0.5) is 0 Å². The molecule has 0 N–H and O–H groups in total. The van der Waals surface area contributed by atoms with Crippen LogP contribution in [0.3, 0.4) is 0 Å². The van der Waals surface area contributed by atoms with Gasteiger partial charge in [0, 0.05) is 0 Å². The Labute approximate surface area is 220 Å². The molecule has 0 fully saturated rings. The molecule has 0 aromatic heterocycles. The fourth-order valence-corrected chi connectivity index (χ4v) is 3.58. The molecule has 4 aromatic carbocycles. The Kier molecular flexibility index (Phi) is 10.9. The van der Waals surface area contributed by atoms with Crippen molar-refractivity contribution in [3.05, 3.63) is 150 Å². The number of benzene rings is 4. The van der Waals surface area contributed by atoms with Gasteiger partial charge in [0.05, 0.1) is 0 Å².